The van der Waals surface area contributed by atoms with Gasteiger partial charge in [0.05, 0.1) is 11.6 Å². The van der Waals surface area contributed by atoms with E-state index >= 15 is 0 Å². The van der Waals surface area contributed by atoms with E-state index in [1.165, 1.54) is 0 Å². The molecule has 0 aliphatic rings. The second-order valence-electron chi connectivity index (χ2n) is 2.34. The monoisotopic (exact) mass is 158 g/mol. The Hall–Kier alpha value is -1.59. The first kappa shape index (κ1) is 8.51. The van der Waals surface area contributed by atoms with E-state index in [4.69, 9.17) is 11.0 Å². The molecule has 60 valence electrons. The summed E-state index contributed by atoms with van der Waals surface area (Å²) < 4.78 is 0. The van der Waals surface area contributed by atoms with Crippen LogP contribution in [0.3, 0.4) is 0 Å². The van der Waals surface area contributed by atoms with E-state index in [0.29, 0.717) is 12.1 Å². The van der Waals surface area contributed by atoms with Gasteiger partial charge in [0.2, 0.25) is 0 Å². The molecule has 0 unspecified atom stereocenters. The fraction of sp³-hybridized carbons (Fsp3) is 0.100. The number of benzene rings is 1. The third-order valence-electron chi connectivity index (χ3n) is 1.51. The summed E-state index contributed by atoms with van der Waals surface area (Å²) in [5.74, 6) is 0. The maximum Gasteiger partial charge on any atom is 0.0997 e. The zero-order valence-electron chi connectivity index (χ0n) is 6.70. The molecule has 1 aromatic rings. The van der Waals surface area contributed by atoms with Crippen LogP contribution in [-0.2, 0) is 0 Å². The lowest BCUT2D eigenvalue weighted by Gasteiger charge is -1.94. The summed E-state index contributed by atoms with van der Waals surface area (Å²) in [6.45, 7) is 0.500. The summed E-state index contributed by atoms with van der Waals surface area (Å²) in [6, 6.07) is 9.54. The predicted octanol–water partition coefficient (Wildman–Crippen LogP) is 1.53. The Morgan fingerprint density at radius 2 is 2.17 bits per heavy atom. The molecule has 12 heavy (non-hydrogen) atoms. The summed E-state index contributed by atoms with van der Waals surface area (Å²) >= 11 is 0. The molecule has 0 radical (unpaired) electrons. The van der Waals surface area contributed by atoms with Gasteiger partial charge in [-0.05, 0) is 11.6 Å². The van der Waals surface area contributed by atoms with E-state index in [-0.39, 0.29) is 0 Å². The van der Waals surface area contributed by atoms with Crippen molar-refractivity contribution < 1.29 is 0 Å². The quantitative estimate of drug-likeness (QED) is 0.709. The van der Waals surface area contributed by atoms with Crippen LogP contribution in [0, 0.1) is 11.3 Å². The van der Waals surface area contributed by atoms with Crippen molar-refractivity contribution in [2.45, 2.75) is 0 Å². The van der Waals surface area contributed by atoms with Crippen LogP contribution in [0.4, 0.5) is 0 Å². The number of nitrogens with zero attached hydrogens (tertiary/aromatic N) is 1. The Morgan fingerprint density at radius 1 is 1.42 bits per heavy atom. The van der Waals surface area contributed by atoms with E-state index in [9.17, 15) is 0 Å². The predicted molar refractivity (Wildman–Crippen MR) is 49.2 cm³/mol. The number of nitriles is 1. The van der Waals surface area contributed by atoms with E-state index in [1.807, 2.05) is 30.4 Å². The van der Waals surface area contributed by atoms with Crippen molar-refractivity contribution in [2.24, 2.45) is 5.73 Å². The van der Waals surface area contributed by atoms with Crippen LogP contribution >= 0.6 is 0 Å². The third kappa shape index (κ3) is 1.94. The second kappa shape index (κ2) is 4.32. The maximum atomic E-state index is 8.70. The number of rotatable bonds is 2. The van der Waals surface area contributed by atoms with Crippen LogP contribution in [0.5, 0.6) is 0 Å². The van der Waals surface area contributed by atoms with Gasteiger partial charge in [-0.1, -0.05) is 30.4 Å². The zero-order chi connectivity index (χ0) is 8.81. The summed E-state index contributed by atoms with van der Waals surface area (Å²) in [6.07, 6.45) is 3.69. The van der Waals surface area contributed by atoms with Crippen LogP contribution in [0.25, 0.3) is 6.08 Å². The van der Waals surface area contributed by atoms with Crippen molar-refractivity contribution >= 4 is 6.08 Å². The fourth-order valence-electron chi connectivity index (χ4n) is 0.939. The van der Waals surface area contributed by atoms with Crippen molar-refractivity contribution in [3.63, 3.8) is 0 Å². The smallest absolute Gasteiger partial charge is 0.0997 e. The molecular formula is C10H10N2. The van der Waals surface area contributed by atoms with Crippen LogP contribution in [-0.4, -0.2) is 6.54 Å². The van der Waals surface area contributed by atoms with E-state index in [2.05, 4.69) is 6.07 Å². The minimum atomic E-state index is 0.500. The van der Waals surface area contributed by atoms with Crippen molar-refractivity contribution in [1.82, 2.24) is 0 Å². The average Bonchev–Trinajstić information content (AvgIpc) is 2.15. The van der Waals surface area contributed by atoms with Gasteiger partial charge in [0.1, 0.15) is 0 Å². The minimum Gasteiger partial charge on any atom is -0.327 e. The first-order valence-corrected chi connectivity index (χ1v) is 3.74. The lowest BCUT2D eigenvalue weighted by molar-refractivity contribution is 1.26. The first-order chi connectivity index (χ1) is 5.88. The molecule has 1 aromatic carbocycles. The Balaban J connectivity index is 2.99. The first-order valence-electron chi connectivity index (χ1n) is 3.74. The van der Waals surface area contributed by atoms with Gasteiger partial charge in [-0.25, -0.2) is 0 Å². The topological polar surface area (TPSA) is 49.8 Å². The highest BCUT2D eigenvalue weighted by atomic mass is 14.5. The van der Waals surface area contributed by atoms with Gasteiger partial charge in [-0.15, -0.1) is 0 Å². The lowest BCUT2D eigenvalue weighted by Crippen LogP contribution is -1.92. The molecule has 0 saturated heterocycles. The molecule has 0 spiro atoms. The van der Waals surface area contributed by atoms with Gasteiger partial charge >= 0.3 is 0 Å². The molecule has 0 amide bonds. The summed E-state index contributed by atoms with van der Waals surface area (Å²) in [5.41, 5.74) is 6.90. The van der Waals surface area contributed by atoms with Gasteiger partial charge in [0.25, 0.3) is 0 Å². The SMILES string of the molecule is N#Cc1ccccc1/C=C/CN. The average molecular weight is 158 g/mol. The van der Waals surface area contributed by atoms with Crippen LogP contribution in [0.2, 0.25) is 0 Å². The van der Waals surface area contributed by atoms with Crippen molar-refractivity contribution in [1.29, 1.82) is 5.26 Å². The molecule has 2 N–H and O–H groups in total. The maximum absolute atomic E-state index is 8.70. The molecule has 1 rings (SSSR count). The molecule has 0 aliphatic carbocycles. The minimum absolute atomic E-state index is 0.500. The highest BCUT2D eigenvalue weighted by Crippen LogP contribution is 2.08. The molecular weight excluding hydrogens is 148 g/mol. The van der Waals surface area contributed by atoms with E-state index in [0.717, 1.165) is 5.56 Å². The highest BCUT2D eigenvalue weighted by molar-refractivity contribution is 5.57. The Bertz CT molecular complexity index is 321. The molecule has 0 aromatic heterocycles. The van der Waals surface area contributed by atoms with Crippen molar-refractivity contribution in [2.75, 3.05) is 6.54 Å². The molecule has 0 atom stereocenters. The Kier molecular flexibility index (Phi) is 3.06. The fourth-order valence-corrected chi connectivity index (χ4v) is 0.939. The summed E-state index contributed by atoms with van der Waals surface area (Å²) in [4.78, 5) is 0. The van der Waals surface area contributed by atoms with Gasteiger partial charge in [-0.3, -0.25) is 0 Å². The highest BCUT2D eigenvalue weighted by Gasteiger charge is 1.93. The van der Waals surface area contributed by atoms with Crippen LogP contribution in [0.15, 0.2) is 30.3 Å². The van der Waals surface area contributed by atoms with Gasteiger partial charge in [0, 0.05) is 6.54 Å². The molecule has 2 nitrogen and oxygen atoms in total. The largest absolute Gasteiger partial charge is 0.327 e. The summed E-state index contributed by atoms with van der Waals surface area (Å²) in [7, 11) is 0. The van der Waals surface area contributed by atoms with E-state index < -0.39 is 0 Å². The molecule has 0 fully saturated rings. The summed E-state index contributed by atoms with van der Waals surface area (Å²) in [5, 5.41) is 8.70. The van der Waals surface area contributed by atoms with Crippen molar-refractivity contribution in [3.8, 4) is 6.07 Å². The Labute approximate surface area is 71.9 Å². The number of hydrogen-bond donors (Lipinski definition) is 1. The van der Waals surface area contributed by atoms with Gasteiger partial charge < -0.3 is 5.73 Å². The van der Waals surface area contributed by atoms with Gasteiger partial charge in [0.15, 0.2) is 0 Å². The molecule has 0 heterocycles. The zero-order valence-corrected chi connectivity index (χ0v) is 6.70. The van der Waals surface area contributed by atoms with Gasteiger partial charge in [-0.2, -0.15) is 5.26 Å². The molecule has 0 bridgehead atoms. The Morgan fingerprint density at radius 3 is 2.83 bits per heavy atom. The second-order valence-corrected chi connectivity index (χ2v) is 2.34. The number of hydrogen-bond acceptors (Lipinski definition) is 2. The van der Waals surface area contributed by atoms with E-state index in [1.54, 1.807) is 6.07 Å². The molecule has 2 heteroatoms. The molecule has 0 aliphatic heterocycles. The normalized spacial score (nSPS) is 10.0. The van der Waals surface area contributed by atoms with Crippen molar-refractivity contribution in [3.05, 3.63) is 41.5 Å². The third-order valence-corrected chi connectivity index (χ3v) is 1.51. The lowest BCUT2D eigenvalue weighted by atomic mass is 10.1. The standard InChI is InChI=1S/C10H10N2/c11-7-3-6-9-4-1-2-5-10(9)8-12/h1-6H,7,11H2/b6-3+. The van der Waals surface area contributed by atoms with Crippen LogP contribution in [0.1, 0.15) is 11.1 Å². The van der Waals surface area contributed by atoms with Crippen LogP contribution < -0.4 is 5.73 Å². The number of nitrogens with two attached hydrogens (primary N) is 1. The molecule has 0 saturated carbocycles.